The van der Waals surface area contributed by atoms with Crippen LogP contribution in [0.3, 0.4) is 0 Å². The van der Waals surface area contributed by atoms with Crippen molar-refractivity contribution in [3.05, 3.63) is 22.7 Å². The highest BCUT2D eigenvalue weighted by Gasteiger charge is 2.07. The van der Waals surface area contributed by atoms with Crippen molar-refractivity contribution in [3.8, 4) is 0 Å². The zero-order valence-corrected chi connectivity index (χ0v) is 11.6. The number of nitrogens with one attached hydrogen (secondary N) is 1. The van der Waals surface area contributed by atoms with Crippen LogP contribution in [0.5, 0.6) is 0 Å². The van der Waals surface area contributed by atoms with E-state index in [1.165, 1.54) is 11.8 Å². The summed E-state index contributed by atoms with van der Waals surface area (Å²) in [6, 6.07) is 3.64. The predicted octanol–water partition coefficient (Wildman–Crippen LogP) is 2.85. The molecule has 3 N–H and O–H groups in total. The van der Waals surface area contributed by atoms with Gasteiger partial charge in [0.2, 0.25) is 5.91 Å². The zero-order chi connectivity index (χ0) is 12.8. The van der Waals surface area contributed by atoms with Gasteiger partial charge in [-0.2, -0.15) is 0 Å². The molecule has 1 rings (SSSR count). The lowest BCUT2D eigenvalue weighted by molar-refractivity contribution is -0.118. The fourth-order valence-corrected chi connectivity index (χ4v) is 2.40. The normalized spacial score (nSPS) is 10.3. The van der Waals surface area contributed by atoms with Crippen LogP contribution in [0, 0.1) is 6.92 Å². The lowest BCUT2D eigenvalue weighted by atomic mass is 10.2. The third-order valence-electron chi connectivity index (χ3n) is 2.23. The van der Waals surface area contributed by atoms with E-state index in [9.17, 15) is 4.79 Å². The molecule has 0 saturated carbocycles. The molecule has 0 unspecified atom stereocenters. The number of rotatable bonds is 5. The molecule has 1 aromatic carbocycles. The van der Waals surface area contributed by atoms with Gasteiger partial charge in [0, 0.05) is 11.4 Å². The number of carbonyl (C=O) groups excluding carboxylic acids is 1. The highest BCUT2D eigenvalue weighted by atomic mass is 35.5. The van der Waals surface area contributed by atoms with E-state index >= 15 is 0 Å². The highest BCUT2D eigenvalue weighted by molar-refractivity contribution is 8.00. The molecule has 5 heteroatoms. The van der Waals surface area contributed by atoms with Crippen molar-refractivity contribution in [1.82, 2.24) is 5.32 Å². The second-order valence-corrected chi connectivity index (χ2v) is 5.20. The molecule has 0 atom stereocenters. The van der Waals surface area contributed by atoms with E-state index in [4.69, 9.17) is 17.3 Å². The summed E-state index contributed by atoms with van der Waals surface area (Å²) in [5.74, 6) is 0.449. The van der Waals surface area contributed by atoms with Gasteiger partial charge in [-0.1, -0.05) is 18.5 Å². The fraction of sp³-hybridized carbons (Fsp3) is 0.417. The molecule has 17 heavy (non-hydrogen) atoms. The van der Waals surface area contributed by atoms with Crippen molar-refractivity contribution < 1.29 is 4.79 Å². The van der Waals surface area contributed by atoms with Crippen LogP contribution in [0.1, 0.15) is 18.9 Å². The van der Waals surface area contributed by atoms with Gasteiger partial charge in [-0.3, -0.25) is 4.79 Å². The first kappa shape index (κ1) is 14.2. The summed E-state index contributed by atoms with van der Waals surface area (Å²) in [5.41, 5.74) is 7.31. The molecule has 0 aliphatic rings. The quantitative estimate of drug-likeness (QED) is 0.640. The minimum absolute atomic E-state index is 0.0456. The molecule has 0 aliphatic carbocycles. The maximum absolute atomic E-state index is 11.4. The Morgan fingerprint density at radius 1 is 1.53 bits per heavy atom. The van der Waals surface area contributed by atoms with Gasteiger partial charge in [-0.25, -0.2) is 0 Å². The summed E-state index contributed by atoms with van der Waals surface area (Å²) in [6.45, 7) is 4.71. The minimum atomic E-state index is 0.0456. The SMILES string of the molecule is CCCNC(=O)CSc1cc(Cl)c(N)cc1C. The molecular formula is C12H17ClN2OS. The Kier molecular flexibility index (Phi) is 5.65. The van der Waals surface area contributed by atoms with E-state index in [2.05, 4.69) is 5.32 Å². The van der Waals surface area contributed by atoms with Gasteiger partial charge in [0.1, 0.15) is 0 Å². The van der Waals surface area contributed by atoms with Crippen LogP contribution in [0.15, 0.2) is 17.0 Å². The van der Waals surface area contributed by atoms with Crippen LogP contribution in [0.25, 0.3) is 0 Å². The first-order valence-corrected chi connectivity index (χ1v) is 6.86. The van der Waals surface area contributed by atoms with Crippen LogP contribution in [-0.2, 0) is 4.79 Å². The molecule has 0 aromatic heterocycles. The zero-order valence-electron chi connectivity index (χ0n) is 10.0. The molecule has 0 fully saturated rings. The third kappa shape index (κ3) is 4.48. The number of halogens is 1. The van der Waals surface area contributed by atoms with E-state index in [1.807, 2.05) is 26.0 Å². The van der Waals surface area contributed by atoms with Gasteiger partial charge < -0.3 is 11.1 Å². The van der Waals surface area contributed by atoms with Crippen LogP contribution >= 0.6 is 23.4 Å². The smallest absolute Gasteiger partial charge is 0.230 e. The Bertz CT molecular complexity index is 410. The number of amides is 1. The summed E-state index contributed by atoms with van der Waals surface area (Å²) in [5, 5.41) is 3.36. The standard InChI is InChI=1S/C12H17ClN2OS/c1-3-4-15-12(16)7-17-11-6-9(13)10(14)5-8(11)2/h5-6H,3-4,7,14H2,1-2H3,(H,15,16). The first-order valence-electron chi connectivity index (χ1n) is 5.49. The van der Waals surface area contributed by atoms with Gasteiger partial charge in [0.15, 0.2) is 0 Å². The topological polar surface area (TPSA) is 55.1 Å². The molecule has 0 spiro atoms. The summed E-state index contributed by atoms with van der Waals surface area (Å²) < 4.78 is 0. The largest absolute Gasteiger partial charge is 0.398 e. The number of thioether (sulfide) groups is 1. The average molecular weight is 273 g/mol. The molecule has 94 valence electrons. The molecule has 0 saturated heterocycles. The number of nitrogen functional groups attached to an aromatic ring is 1. The number of hydrogen-bond acceptors (Lipinski definition) is 3. The van der Waals surface area contributed by atoms with Crippen LogP contribution < -0.4 is 11.1 Å². The lowest BCUT2D eigenvalue weighted by Crippen LogP contribution is -2.25. The number of benzene rings is 1. The fourth-order valence-electron chi connectivity index (χ4n) is 1.30. The van der Waals surface area contributed by atoms with Gasteiger partial charge in [0.25, 0.3) is 0 Å². The Hall–Kier alpha value is -0.870. The third-order valence-corrected chi connectivity index (χ3v) is 3.71. The van der Waals surface area contributed by atoms with Crippen LogP contribution in [0.2, 0.25) is 5.02 Å². The first-order chi connectivity index (χ1) is 8.04. The summed E-state index contributed by atoms with van der Waals surface area (Å²) >= 11 is 7.42. The monoisotopic (exact) mass is 272 g/mol. The molecule has 1 amide bonds. The van der Waals surface area contributed by atoms with Crippen molar-refractivity contribution in [2.75, 3.05) is 18.0 Å². The van der Waals surface area contributed by atoms with Crippen molar-refractivity contribution in [3.63, 3.8) is 0 Å². The van der Waals surface area contributed by atoms with Gasteiger partial charge >= 0.3 is 0 Å². The summed E-state index contributed by atoms with van der Waals surface area (Å²) in [4.78, 5) is 12.4. The highest BCUT2D eigenvalue weighted by Crippen LogP contribution is 2.29. The molecule has 0 aliphatic heterocycles. The van der Waals surface area contributed by atoms with E-state index in [1.54, 1.807) is 0 Å². The molecular weight excluding hydrogens is 256 g/mol. The van der Waals surface area contributed by atoms with E-state index in [0.717, 1.165) is 23.4 Å². The molecule has 0 heterocycles. The van der Waals surface area contributed by atoms with E-state index < -0.39 is 0 Å². The van der Waals surface area contributed by atoms with Gasteiger partial charge in [0.05, 0.1) is 16.5 Å². The van der Waals surface area contributed by atoms with Crippen molar-refractivity contribution in [1.29, 1.82) is 0 Å². The Morgan fingerprint density at radius 2 is 2.24 bits per heavy atom. The lowest BCUT2D eigenvalue weighted by Gasteiger charge is -2.08. The van der Waals surface area contributed by atoms with E-state index in [-0.39, 0.29) is 5.91 Å². The van der Waals surface area contributed by atoms with Crippen LogP contribution in [-0.4, -0.2) is 18.2 Å². The van der Waals surface area contributed by atoms with Gasteiger partial charge in [-0.05, 0) is 31.0 Å². The molecule has 3 nitrogen and oxygen atoms in total. The van der Waals surface area contributed by atoms with Crippen molar-refractivity contribution in [2.24, 2.45) is 0 Å². The number of anilines is 1. The second kappa shape index (κ2) is 6.77. The summed E-state index contributed by atoms with van der Waals surface area (Å²) in [6.07, 6.45) is 0.948. The predicted molar refractivity (Wildman–Crippen MR) is 74.6 cm³/mol. The second-order valence-electron chi connectivity index (χ2n) is 3.78. The summed E-state index contributed by atoms with van der Waals surface area (Å²) in [7, 11) is 0. The number of carbonyl (C=O) groups is 1. The maximum Gasteiger partial charge on any atom is 0.230 e. The van der Waals surface area contributed by atoms with Crippen molar-refractivity contribution >= 4 is 35.0 Å². The number of nitrogens with two attached hydrogens (primary N) is 1. The van der Waals surface area contributed by atoms with E-state index in [0.29, 0.717) is 16.5 Å². The number of aryl methyl sites for hydroxylation is 1. The Labute approximate surface area is 111 Å². The average Bonchev–Trinajstić information content (AvgIpc) is 2.29. The maximum atomic E-state index is 11.4. The Balaban J connectivity index is 2.57. The van der Waals surface area contributed by atoms with Gasteiger partial charge in [-0.15, -0.1) is 11.8 Å². The molecule has 0 bridgehead atoms. The number of hydrogen-bond donors (Lipinski definition) is 2. The minimum Gasteiger partial charge on any atom is -0.398 e. The Morgan fingerprint density at radius 3 is 2.88 bits per heavy atom. The molecule has 1 aromatic rings. The molecule has 0 radical (unpaired) electrons. The van der Waals surface area contributed by atoms with Crippen LogP contribution in [0.4, 0.5) is 5.69 Å². The van der Waals surface area contributed by atoms with Crippen molar-refractivity contribution in [2.45, 2.75) is 25.2 Å².